The van der Waals surface area contributed by atoms with Crippen LogP contribution >= 0.6 is 0 Å². The summed E-state index contributed by atoms with van der Waals surface area (Å²) in [7, 11) is 2.57. The summed E-state index contributed by atoms with van der Waals surface area (Å²) in [5.74, 6) is -0.652. The summed E-state index contributed by atoms with van der Waals surface area (Å²) >= 11 is 0. The van der Waals surface area contributed by atoms with Gasteiger partial charge in [0.1, 0.15) is 0 Å². The average Bonchev–Trinajstić information content (AvgIpc) is 2.37. The highest BCUT2D eigenvalue weighted by Crippen LogP contribution is 2.38. The van der Waals surface area contributed by atoms with Crippen molar-refractivity contribution in [1.82, 2.24) is 4.98 Å². The van der Waals surface area contributed by atoms with Gasteiger partial charge in [0.25, 0.3) is 6.43 Å². The summed E-state index contributed by atoms with van der Waals surface area (Å²) in [6.45, 7) is 1.81. The first-order valence-corrected chi connectivity index (χ1v) is 5.58. The van der Waals surface area contributed by atoms with Crippen LogP contribution in [0.5, 0.6) is 11.5 Å². The molecule has 1 aromatic heterocycles. The molecular formula is C12H15F2NO4. The Balaban J connectivity index is 3.20. The largest absolute Gasteiger partial charge is 0.492 e. The van der Waals surface area contributed by atoms with Crippen molar-refractivity contribution in [2.24, 2.45) is 0 Å². The number of pyridine rings is 1. The van der Waals surface area contributed by atoms with Crippen LogP contribution in [0.15, 0.2) is 6.20 Å². The van der Waals surface area contributed by atoms with Crippen molar-refractivity contribution in [3.05, 3.63) is 17.5 Å². The van der Waals surface area contributed by atoms with Crippen LogP contribution < -0.4 is 9.47 Å². The minimum absolute atomic E-state index is 0.0777. The molecule has 0 aliphatic carbocycles. The Labute approximate surface area is 109 Å². The van der Waals surface area contributed by atoms with E-state index in [4.69, 9.17) is 14.2 Å². The Bertz CT molecular complexity index is 452. The molecule has 1 rings (SSSR count). The van der Waals surface area contributed by atoms with Crippen LogP contribution in [0.1, 0.15) is 24.6 Å². The molecule has 0 saturated carbocycles. The molecule has 0 aromatic carbocycles. The monoisotopic (exact) mass is 275 g/mol. The summed E-state index contributed by atoms with van der Waals surface area (Å²) < 4.78 is 40.7. The van der Waals surface area contributed by atoms with Gasteiger partial charge >= 0.3 is 5.97 Å². The van der Waals surface area contributed by atoms with E-state index in [9.17, 15) is 13.6 Å². The molecule has 0 N–H and O–H groups in total. The molecule has 1 aromatic rings. The lowest BCUT2D eigenvalue weighted by Crippen LogP contribution is -2.12. The van der Waals surface area contributed by atoms with Gasteiger partial charge in [0.05, 0.1) is 44.7 Å². The number of alkyl halides is 2. The summed E-state index contributed by atoms with van der Waals surface area (Å²) in [4.78, 5) is 15.2. The summed E-state index contributed by atoms with van der Waals surface area (Å²) in [5, 5.41) is 0. The van der Waals surface area contributed by atoms with Gasteiger partial charge in [0, 0.05) is 0 Å². The van der Waals surface area contributed by atoms with Crippen LogP contribution in [0.2, 0.25) is 0 Å². The third-order valence-corrected chi connectivity index (χ3v) is 2.38. The number of rotatable bonds is 6. The van der Waals surface area contributed by atoms with Crippen LogP contribution in [0.25, 0.3) is 0 Å². The van der Waals surface area contributed by atoms with Crippen molar-refractivity contribution in [2.45, 2.75) is 19.8 Å². The van der Waals surface area contributed by atoms with Crippen molar-refractivity contribution < 1.29 is 27.8 Å². The first kappa shape index (κ1) is 15.1. The molecule has 1 heterocycles. The number of carbonyl (C=O) groups excluding carboxylic acids is 1. The molecule has 0 aliphatic rings. The predicted molar refractivity (Wildman–Crippen MR) is 62.6 cm³/mol. The van der Waals surface area contributed by atoms with Gasteiger partial charge in [-0.2, -0.15) is 0 Å². The molecule has 106 valence electrons. The highest BCUT2D eigenvalue weighted by molar-refractivity contribution is 5.73. The van der Waals surface area contributed by atoms with Crippen molar-refractivity contribution in [1.29, 1.82) is 0 Å². The second-order valence-electron chi connectivity index (χ2n) is 3.50. The number of methoxy groups -OCH3 is 2. The fourth-order valence-corrected chi connectivity index (χ4v) is 1.60. The molecule has 0 atom stereocenters. The van der Waals surface area contributed by atoms with Crippen LogP contribution in [0, 0.1) is 0 Å². The zero-order valence-electron chi connectivity index (χ0n) is 10.9. The standard InChI is InChI=1S/C12H15F2NO4/c1-4-19-9(16)5-7-10(12(13)14)11(18-3)8(17-2)6-15-7/h6,12H,4-5H2,1-3H3. The van der Waals surface area contributed by atoms with Crippen molar-refractivity contribution in [2.75, 3.05) is 20.8 Å². The van der Waals surface area contributed by atoms with E-state index in [0.29, 0.717) is 0 Å². The van der Waals surface area contributed by atoms with Gasteiger partial charge in [0.15, 0.2) is 11.5 Å². The first-order valence-electron chi connectivity index (χ1n) is 5.58. The Kier molecular flexibility index (Phi) is 5.47. The lowest BCUT2D eigenvalue weighted by Gasteiger charge is -2.15. The summed E-state index contributed by atoms with van der Waals surface area (Å²) in [6.07, 6.45) is -1.94. The van der Waals surface area contributed by atoms with E-state index >= 15 is 0 Å². The highest BCUT2D eigenvalue weighted by Gasteiger charge is 2.25. The number of aromatic nitrogens is 1. The molecule has 0 spiro atoms. The van der Waals surface area contributed by atoms with Crippen molar-refractivity contribution >= 4 is 5.97 Å². The maximum atomic E-state index is 13.1. The second kappa shape index (κ2) is 6.86. The Morgan fingerprint density at radius 2 is 2.05 bits per heavy atom. The normalized spacial score (nSPS) is 10.4. The molecule has 0 saturated heterocycles. The Hall–Kier alpha value is -1.92. The van der Waals surface area contributed by atoms with Crippen LogP contribution in [0.4, 0.5) is 8.78 Å². The molecular weight excluding hydrogens is 260 g/mol. The maximum absolute atomic E-state index is 13.1. The van der Waals surface area contributed by atoms with Gasteiger partial charge in [-0.3, -0.25) is 9.78 Å². The smallest absolute Gasteiger partial charge is 0.311 e. The lowest BCUT2D eigenvalue weighted by molar-refractivity contribution is -0.142. The molecule has 7 heteroatoms. The van der Waals surface area contributed by atoms with Gasteiger partial charge in [-0.15, -0.1) is 0 Å². The SMILES string of the molecule is CCOC(=O)Cc1ncc(OC)c(OC)c1C(F)F. The highest BCUT2D eigenvalue weighted by atomic mass is 19.3. The quantitative estimate of drug-likeness (QED) is 0.744. The van der Waals surface area contributed by atoms with E-state index in [0.717, 1.165) is 0 Å². The third-order valence-electron chi connectivity index (χ3n) is 2.38. The second-order valence-corrected chi connectivity index (χ2v) is 3.50. The third kappa shape index (κ3) is 3.52. The van der Waals surface area contributed by atoms with E-state index in [1.165, 1.54) is 20.4 Å². The Morgan fingerprint density at radius 3 is 2.53 bits per heavy atom. The van der Waals surface area contributed by atoms with Gasteiger partial charge in [-0.25, -0.2) is 8.78 Å². The fraction of sp³-hybridized carbons (Fsp3) is 0.500. The van der Waals surface area contributed by atoms with E-state index in [2.05, 4.69) is 4.98 Å². The molecule has 0 amide bonds. The maximum Gasteiger partial charge on any atom is 0.311 e. The van der Waals surface area contributed by atoms with Crippen LogP contribution in [-0.2, 0) is 16.0 Å². The predicted octanol–water partition coefficient (Wildman–Crippen LogP) is 2.14. The van der Waals surface area contributed by atoms with E-state index in [-0.39, 0.29) is 30.2 Å². The Morgan fingerprint density at radius 1 is 1.37 bits per heavy atom. The number of halogens is 2. The average molecular weight is 275 g/mol. The van der Waals surface area contributed by atoms with Crippen LogP contribution in [-0.4, -0.2) is 31.8 Å². The van der Waals surface area contributed by atoms with E-state index in [1.54, 1.807) is 6.92 Å². The van der Waals surface area contributed by atoms with Gasteiger partial charge < -0.3 is 14.2 Å². The van der Waals surface area contributed by atoms with Crippen molar-refractivity contribution in [3.63, 3.8) is 0 Å². The molecule has 0 aliphatic heterocycles. The zero-order valence-corrected chi connectivity index (χ0v) is 10.9. The van der Waals surface area contributed by atoms with E-state index in [1.807, 2.05) is 0 Å². The van der Waals surface area contributed by atoms with E-state index < -0.39 is 18.0 Å². The fourth-order valence-electron chi connectivity index (χ4n) is 1.60. The van der Waals surface area contributed by atoms with Crippen LogP contribution in [0.3, 0.4) is 0 Å². The minimum atomic E-state index is -2.83. The molecule has 0 fully saturated rings. The summed E-state index contributed by atoms with van der Waals surface area (Å²) in [6, 6.07) is 0. The number of carbonyl (C=O) groups is 1. The number of hydrogen-bond acceptors (Lipinski definition) is 5. The number of ether oxygens (including phenoxy) is 3. The number of hydrogen-bond donors (Lipinski definition) is 0. The lowest BCUT2D eigenvalue weighted by atomic mass is 10.1. The molecule has 0 unspecified atom stereocenters. The topological polar surface area (TPSA) is 57.7 Å². The minimum Gasteiger partial charge on any atom is -0.492 e. The first-order chi connectivity index (χ1) is 9.04. The van der Waals surface area contributed by atoms with Gasteiger partial charge in [0.2, 0.25) is 0 Å². The molecule has 0 radical (unpaired) electrons. The number of nitrogens with zero attached hydrogens (tertiary/aromatic N) is 1. The van der Waals surface area contributed by atoms with Gasteiger partial charge in [-0.05, 0) is 6.92 Å². The number of esters is 1. The molecule has 19 heavy (non-hydrogen) atoms. The van der Waals surface area contributed by atoms with Gasteiger partial charge in [-0.1, -0.05) is 0 Å². The van der Waals surface area contributed by atoms with Crippen molar-refractivity contribution in [3.8, 4) is 11.5 Å². The molecule has 5 nitrogen and oxygen atoms in total. The summed E-state index contributed by atoms with van der Waals surface area (Å²) in [5.41, 5.74) is -0.527. The zero-order chi connectivity index (χ0) is 14.4. The molecule has 0 bridgehead atoms.